The van der Waals surface area contributed by atoms with Crippen LogP contribution in [-0.2, 0) is 6.54 Å². The Morgan fingerprint density at radius 1 is 1.23 bits per heavy atom. The van der Waals surface area contributed by atoms with Crippen LogP contribution in [0.1, 0.15) is 22.5 Å². The van der Waals surface area contributed by atoms with Crippen molar-refractivity contribution in [2.45, 2.75) is 19.1 Å². The van der Waals surface area contributed by atoms with Gasteiger partial charge in [-0.3, -0.25) is 14.7 Å². The number of thiazole rings is 1. The van der Waals surface area contributed by atoms with Crippen LogP contribution in [0, 0.1) is 0 Å². The van der Waals surface area contributed by atoms with Gasteiger partial charge < -0.3 is 4.90 Å². The van der Waals surface area contributed by atoms with Gasteiger partial charge in [0, 0.05) is 12.7 Å². The molecule has 2 aliphatic rings. The first-order valence-corrected chi connectivity index (χ1v) is 9.09. The average Bonchev–Trinajstić information content (AvgIpc) is 3.41. The summed E-state index contributed by atoms with van der Waals surface area (Å²) in [7, 11) is 0. The molecule has 0 saturated carbocycles. The van der Waals surface area contributed by atoms with Crippen molar-refractivity contribution in [1.82, 2.24) is 25.0 Å². The van der Waals surface area contributed by atoms with Crippen LogP contribution in [0.25, 0.3) is 5.82 Å². The highest BCUT2D eigenvalue weighted by Crippen LogP contribution is 2.30. The summed E-state index contributed by atoms with van der Waals surface area (Å²) in [5.74, 6) is 1.09. The number of hydrogen-bond donors (Lipinski definition) is 0. The second-order valence-electron chi connectivity index (χ2n) is 6.25. The minimum absolute atomic E-state index is 0.0915. The van der Waals surface area contributed by atoms with Gasteiger partial charge in [-0.2, -0.15) is 5.10 Å². The smallest absolute Gasteiger partial charge is 0.262 e. The summed E-state index contributed by atoms with van der Waals surface area (Å²) >= 11 is 1.42. The fourth-order valence-corrected chi connectivity index (χ4v) is 3.87. The molecule has 1 fully saturated rings. The van der Waals surface area contributed by atoms with Gasteiger partial charge in [-0.25, -0.2) is 9.07 Å². The Kier molecular flexibility index (Phi) is 3.45. The standard InChI is InChI=1S/C16H14FN7OS/c17-10-3-4-22(6-10)13-1-2-14(20-19-13)24-7-11-12(21-24)8-23(16(11)25)15-5-18-9-26-15/h1-2,5,7,9-10H,3-4,6,8H2/t10-/m0/s1. The van der Waals surface area contributed by atoms with Crippen molar-refractivity contribution in [3.8, 4) is 5.82 Å². The molecule has 0 spiro atoms. The SMILES string of the molecule is O=C1c2cn(-c3ccc(N4CC[C@H](F)C4)nn3)nc2CN1c1cncs1. The molecule has 10 heteroatoms. The van der Waals surface area contributed by atoms with Gasteiger partial charge in [0.1, 0.15) is 11.2 Å². The van der Waals surface area contributed by atoms with E-state index in [1.54, 1.807) is 39.6 Å². The Hall–Kier alpha value is -2.88. The summed E-state index contributed by atoms with van der Waals surface area (Å²) in [4.78, 5) is 20.1. The van der Waals surface area contributed by atoms with E-state index < -0.39 is 6.17 Å². The van der Waals surface area contributed by atoms with Crippen molar-refractivity contribution in [1.29, 1.82) is 0 Å². The molecule has 8 nitrogen and oxygen atoms in total. The van der Waals surface area contributed by atoms with E-state index in [-0.39, 0.29) is 5.91 Å². The molecule has 5 rings (SSSR count). The fourth-order valence-electron chi connectivity index (χ4n) is 3.24. The number of amides is 1. The van der Waals surface area contributed by atoms with Gasteiger partial charge in [0.2, 0.25) is 0 Å². The Morgan fingerprint density at radius 3 is 2.73 bits per heavy atom. The minimum atomic E-state index is -0.807. The topological polar surface area (TPSA) is 80.0 Å². The van der Waals surface area contributed by atoms with E-state index in [9.17, 15) is 9.18 Å². The van der Waals surface area contributed by atoms with E-state index >= 15 is 0 Å². The predicted octanol–water partition coefficient (Wildman–Crippen LogP) is 1.83. The number of anilines is 2. The van der Waals surface area contributed by atoms with Gasteiger partial charge in [-0.05, 0) is 18.6 Å². The van der Waals surface area contributed by atoms with Gasteiger partial charge >= 0.3 is 0 Å². The maximum Gasteiger partial charge on any atom is 0.262 e. The van der Waals surface area contributed by atoms with Gasteiger partial charge in [0.05, 0.1) is 36.1 Å². The Balaban J connectivity index is 1.37. The number of rotatable bonds is 3. The molecule has 0 unspecified atom stereocenters. The highest BCUT2D eigenvalue weighted by atomic mass is 32.1. The third kappa shape index (κ3) is 2.45. The number of aromatic nitrogens is 5. The minimum Gasteiger partial charge on any atom is -0.352 e. The lowest BCUT2D eigenvalue weighted by Crippen LogP contribution is -2.23. The largest absolute Gasteiger partial charge is 0.352 e. The number of nitrogens with zero attached hydrogens (tertiary/aromatic N) is 7. The predicted molar refractivity (Wildman–Crippen MR) is 93.5 cm³/mol. The third-order valence-corrected chi connectivity index (χ3v) is 5.38. The maximum absolute atomic E-state index is 13.3. The van der Waals surface area contributed by atoms with E-state index in [1.807, 2.05) is 4.90 Å². The highest BCUT2D eigenvalue weighted by Gasteiger charge is 2.33. The van der Waals surface area contributed by atoms with Crippen LogP contribution in [0.15, 0.2) is 30.0 Å². The molecular weight excluding hydrogens is 357 g/mol. The average molecular weight is 371 g/mol. The molecule has 1 saturated heterocycles. The molecule has 0 bridgehead atoms. The summed E-state index contributed by atoms with van der Waals surface area (Å²) in [6.07, 6.45) is 3.06. The van der Waals surface area contributed by atoms with Crippen LogP contribution in [0.5, 0.6) is 0 Å². The second-order valence-corrected chi connectivity index (χ2v) is 7.11. The summed E-state index contributed by atoms with van der Waals surface area (Å²) in [5, 5.41) is 13.6. The van der Waals surface area contributed by atoms with E-state index in [4.69, 9.17) is 0 Å². The molecule has 26 heavy (non-hydrogen) atoms. The first-order valence-electron chi connectivity index (χ1n) is 8.21. The molecule has 2 aliphatic heterocycles. The molecule has 132 valence electrons. The molecular formula is C16H14FN7OS. The van der Waals surface area contributed by atoms with E-state index in [0.717, 1.165) is 5.00 Å². The molecule has 3 aromatic heterocycles. The zero-order valence-corrected chi connectivity index (χ0v) is 14.4. The van der Waals surface area contributed by atoms with Crippen molar-refractivity contribution in [3.63, 3.8) is 0 Å². The van der Waals surface area contributed by atoms with Gasteiger partial charge in [0.15, 0.2) is 11.6 Å². The first-order chi connectivity index (χ1) is 12.7. The number of fused-ring (bicyclic) bond motifs is 1. The Bertz CT molecular complexity index is 956. The third-order valence-electron chi connectivity index (χ3n) is 4.59. The maximum atomic E-state index is 13.3. The normalized spacial score (nSPS) is 19.4. The molecule has 0 aliphatic carbocycles. The van der Waals surface area contributed by atoms with Crippen LogP contribution < -0.4 is 9.80 Å². The molecule has 1 amide bonds. The monoisotopic (exact) mass is 371 g/mol. The van der Waals surface area contributed by atoms with E-state index in [2.05, 4.69) is 20.3 Å². The number of hydrogen-bond acceptors (Lipinski definition) is 7. The highest BCUT2D eigenvalue weighted by molar-refractivity contribution is 7.14. The summed E-state index contributed by atoms with van der Waals surface area (Å²) in [6.45, 7) is 1.42. The zero-order chi connectivity index (χ0) is 17.7. The first kappa shape index (κ1) is 15.4. The number of carbonyl (C=O) groups excluding carboxylic acids is 1. The van der Waals surface area contributed by atoms with Gasteiger partial charge in [-0.1, -0.05) is 0 Å². The molecule has 0 N–H and O–H groups in total. The quantitative estimate of drug-likeness (QED) is 0.699. The van der Waals surface area contributed by atoms with Crippen molar-refractivity contribution >= 4 is 28.1 Å². The van der Waals surface area contributed by atoms with Crippen molar-refractivity contribution in [2.75, 3.05) is 22.9 Å². The molecule has 0 aromatic carbocycles. The molecule has 5 heterocycles. The van der Waals surface area contributed by atoms with Crippen LogP contribution in [-0.4, -0.2) is 50.1 Å². The van der Waals surface area contributed by atoms with E-state index in [1.165, 1.54) is 11.3 Å². The van der Waals surface area contributed by atoms with Crippen LogP contribution in [0.4, 0.5) is 15.2 Å². The lowest BCUT2D eigenvalue weighted by molar-refractivity contribution is 0.0997. The lowest BCUT2D eigenvalue weighted by Gasteiger charge is -2.15. The summed E-state index contributed by atoms with van der Waals surface area (Å²) in [6, 6.07) is 3.58. The van der Waals surface area contributed by atoms with Crippen LogP contribution >= 0.6 is 11.3 Å². The summed E-state index contributed by atoms with van der Waals surface area (Å²) < 4.78 is 14.9. The molecule has 1 atom stereocenters. The van der Waals surface area contributed by atoms with Gasteiger partial charge in [-0.15, -0.1) is 21.5 Å². The van der Waals surface area contributed by atoms with Gasteiger partial charge in [0.25, 0.3) is 5.91 Å². The number of halogens is 1. The van der Waals surface area contributed by atoms with Crippen LogP contribution in [0.3, 0.4) is 0 Å². The van der Waals surface area contributed by atoms with Crippen molar-refractivity contribution in [3.05, 3.63) is 41.3 Å². The molecule has 3 aromatic rings. The Morgan fingerprint density at radius 2 is 2.08 bits per heavy atom. The van der Waals surface area contributed by atoms with Crippen LogP contribution in [0.2, 0.25) is 0 Å². The van der Waals surface area contributed by atoms with Crippen molar-refractivity contribution in [2.24, 2.45) is 0 Å². The molecule has 0 radical (unpaired) electrons. The van der Waals surface area contributed by atoms with E-state index in [0.29, 0.717) is 48.9 Å². The number of alkyl halides is 1. The zero-order valence-electron chi connectivity index (χ0n) is 13.6. The lowest BCUT2D eigenvalue weighted by atomic mass is 10.3. The number of carbonyl (C=O) groups is 1. The Labute approximate surface area is 151 Å². The van der Waals surface area contributed by atoms with Crippen molar-refractivity contribution < 1.29 is 9.18 Å². The fraction of sp³-hybridized carbons (Fsp3) is 0.312. The summed E-state index contributed by atoms with van der Waals surface area (Å²) in [5.41, 5.74) is 2.96. The second kappa shape index (κ2) is 5.84.